The molecule has 1 aromatic heterocycles. The Labute approximate surface area is 100 Å². The minimum Gasteiger partial charge on any atom is -0.386 e. The molecule has 5 heteroatoms. The summed E-state index contributed by atoms with van der Waals surface area (Å²) in [6, 6.07) is 0. The maximum Gasteiger partial charge on any atom is 0.100 e. The largest absolute Gasteiger partial charge is 0.386 e. The normalized spacial score (nSPS) is 19.9. The summed E-state index contributed by atoms with van der Waals surface area (Å²) in [6.07, 6.45) is 2.83. The minimum absolute atomic E-state index is 0.230. The molecule has 16 heavy (non-hydrogen) atoms. The second-order valence-corrected chi connectivity index (χ2v) is 4.50. The first-order chi connectivity index (χ1) is 7.74. The highest BCUT2D eigenvalue weighted by Gasteiger charge is 2.27. The van der Waals surface area contributed by atoms with Gasteiger partial charge in [-0.15, -0.1) is 0 Å². The number of aryl methyl sites for hydroxylation is 1. The van der Waals surface area contributed by atoms with Crippen molar-refractivity contribution in [2.45, 2.75) is 32.4 Å². The van der Waals surface area contributed by atoms with Crippen molar-refractivity contribution in [3.05, 3.63) is 16.9 Å². The van der Waals surface area contributed by atoms with E-state index in [2.05, 4.69) is 5.10 Å². The molecule has 1 saturated heterocycles. The van der Waals surface area contributed by atoms with Gasteiger partial charge in [0, 0.05) is 19.8 Å². The number of aromatic nitrogens is 2. The van der Waals surface area contributed by atoms with E-state index in [4.69, 9.17) is 16.3 Å². The lowest BCUT2D eigenvalue weighted by Crippen LogP contribution is -2.24. The Morgan fingerprint density at radius 3 is 2.94 bits per heavy atom. The first-order valence-electron chi connectivity index (χ1n) is 5.71. The summed E-state index contributed by atoms with van der Waals surface area (Å²) in [5, 5.41) is 15.0. The zero-order valence-electron chi connectivity index (χ0n) is 9.40. The molecule has 2 rings (SSSR count). The van der Waals surface area contributed by atoms with E-state index in [1.807, 2.05) is 6.92 Å². The van der Waals surface area contributed by atoms with Crippen LogP contribution in [-0.2, 0) is 11.3 Å². The Morgan fingerprint density at radius 1 is 1.62 bits per heavy atom. The third-order valence-corrected chi connectivity index (χ3v) is 3.42. The molecule has 1 aliphatic heterocycles. The van der Waals surface area contributed by atoms with E-state index in [1.165, 1.54) is 0 Å². The highest BCUT2D eigenvalue weighted by molar-refractivity contribution is 6.31. The van der Waals surface area contributed by atoms with E-state index in [1.54, 1.807) is 10.9 Å². The van der Waals surface area contributed by atoms with Gasteiger partial charge in [0.05, 0.1) is 16.9 Å². The lowest BCUT2D eigenvalue weighted by Gasteiger charge is -2.27. The smallest absolute Gasteiger partial charge is 0.100 e. The highest BCUT2D eigenvalue weighted by Crippen LogP contribution is 2.33. The fraction of sp³-hybridized carbons (Fsp3) is 0.727. The average molecular weight is 245 g/mol. The fourth-order valence-electron chi connectivity index (χ4n) is 2.17. The number of hydrogen-bond acceptors (Lipinski definition) is 3. The van der Waals surface area contributed by atoms with Crippen molar-refractivity contribution in [2.75, 3.05) is 13.2 Å². The Kier molecular flexibility index (Phi) is 3.84. The van der Waals surface area contributed by atoms with Crippen molar-refractivity contribution in [2.24, 2.45) is 5.92 Å². The Morgan fingerprint density at radius 2 is 2.31 bits per heavy atom. The monoisotopic (exact) mass is 244 g/mol. The summed E-state index contributed by atoms with van der Waals surface area (Å²) in [7, 11) is 0. The molecule has 0 radical (unpaired) electrons. The summed E-state index contributed by atoms with van der Waals surface area (Å²) in [5.41, 5.74) is 0.746. The number of aliphatic hydroxyl groups excluding tert-OH is 1. The van der Waals surface area contributed by atoms with Crippen LogP contribution in [0.15, 0.2) is 6.20 Å². The molecule has 1 atom stereocenters. The molecule has 1 fully saturated rings. The third-order valence-electron chi connectivity index (χ3n) is 3.13. The molecule has 2 heterocycles. The topological polar surface area (TPSA) is 47.3 Å². The number of rotatable bonds is 3. The van der Waals surface area contributed by atoms with E-state index in [0.29, 0.717) is 5.02 Å². The SMILES string of the molecule is CCn1ncc(Cl)c1C(O)C1CCOCC1. The van der Waals surface area contributed by atoms with Crippen LogP contribution < -0.4 is 0 Å². The predicted octanol–water partition coefficient (Wildman–Crippen LogP) is 2.02. The van der Waals surface area contributed by atoms with Gasteiger partial charge in [-0.2, -0.15) is 5.10 Å². The molecule has 0 saturated carbocycles. The van der Waals surface area contributed by atoms with Gasteiger partial charge in [0.15, 0.2) is 0 Å². The summed E-state index contributed by atoms with van der Waals surface area (Å²) >= 11 is 6.06. The fourth-order valence-corrected chi connectivity index (χ4v) is 2.43. The number of ether oxygens (including phenoxy) is 1. The molecule has 0 aromatic carbocycles. The zero-order chi connectivity index (χ0) is 11.5. The summed E-state index contributed by atoms with van der Waals surface area (Å²) in [6.45, 7) is 4.16. The van der Waals surface area contributed by atoms with Crippen molar-refractivity contribution >= 4 is 11.6 Å². The van der Waals surface area contributed by atoms with Gasteiger partial charge >= 0.3 is 0 Å². The van der Waals surface area contributed by atoms with Crippen molar-refractivity contribution in [3.8, 4) is 0 Å². The van der Waals surface area contributed by atoms with Crippen LogP contribution in [0.25, 0.3) is 0 Å². The molecule has 90 valence electrons. The summed E-state index contributed by atoms with van der Waals surface area (Å²) in [4.78, 5) is 0. The van der Waals surface area contributed by atoms with E-state index in [9.17, 15) is 5.11 Å². The van der Waals surface area contributed by atoms with Crippen LogP contribution in [0, 0.1) is 5.92 Å². The quantitative estimate of drug-likeness (QED) is 0.885. The molecule has 4 nitrogen and oxygen atoms in total. The van der Waals surface area contributed by atoms with Crippen molar-refractivity contribution < 1.29 is 9.84 Å². The van der Waals surface area contributed by atoms with Crippen LogP contribution in [0.2, 0.25) is 5.02 Å². The van der Waals surface area contributed by atoms with E-state index >= 15 is 0 Å². The second-order valence-electron chi connectivity index (χ2n) is 4.09. The van der Waals surface area contributed by atoms with Crippen LogP contribution in [0.1, 0.15) is 31.6 Å². The molecule has 0 amide bonds. The molecule has 0 bridgehead atoms. The molecule has 0 aliphatic carbocycles. The van der Waals surface area contributed by atoms with Crippen molar-refractivity contribution in [1.29, 1.82) is 0 Å². The van der Waals surface area contributed by atoms with E-state index in [0.717, 1.165) is 38.3 Å². The lowest BCUT2D eigenvalue weighted by atomic mass is 9.92. The molecular weight excluding hydrogens is 228 g/mol. The number of aliphatic hydroxyl groups is 1. The molecule has 0 spiro atoms. The number of hydrogen-bond donors (Lipinski definition) is 1. The molecular formula is C11H17ClN2O2. The molecule has 1 aliphatic rings. The number of nitrogens with zero attached hydrogens (tertiary/aromatic N) is 2. The highest BCUT2D eigenvalue weighted by atomic mass is 35.5. The Balaban J connectivity index is 2.18. The van der Waals surface area contributed by atoms with Gasteiger partial charge in [-0.25, -0.2) is 0 Å². The van der Waals surface area contributed by atoms with Gasteiger partial charge in [-0.3, -0.25) is 4.68 Å². The van der Waals surface area contributed by atoms with Crippen LogP contribution in [0.3, 0.4) is 0 Å². The summed E-state index contributed by atoms with van der Waals surface area (Å²) < 4.78 is 7.05. The first kappa shape index (κ1) is 11.9. The van der Waals surface area contributed by atoms with Crippen LogP contribution in [0.5, 0.6) is 0 Å². The van der Waals surface area contributed by atoms with Crippen molar-refractivity contribution in [3.63, 3.8) is 0 Å². The summed E-state index contributed by atoms with van der Waals surface area (Å²) in [5.74, 6) is 0.230. The standard InChI is InChI=1S/C11H17ClN2O2/c1-2-14-10(9(12)7-13-14)11(15)8-3-5-16-6-4-8/h7-8,11,15H,2-6H2,1H3. The van der Waals surface area contributed by atoms with Crippen molar-refractivity contribution in [1.82, 2.24) is 9.78 Å². The van der Waals surface area contributed by atoms with Gasteiger partial charge in [0.1, 0.15) is 6.10 Å². The van der Waals surface area contributed by atoms with Gasteiger partial charge in [-0.1, -0.05) is 11.6 Å². The van der Waals surface area contributed by atoms with Crippen LogP contribution >= 0.6 is 11.6 Å². The lowest BCUT2D eigenvalue weighted by molar-refractivity contribution is 0.00392. The Hall–Kier alpha value is -0.580. The molecule has 1 unspecified atom stereocenters. The molecule has 1 N–H and O–H groups in total. The first-order valence-corrected chi connectivity index (χ1v) is 6.08. The predicted molar refractivity (Wildman–Crippen MR) is 61.4 cm³/mol. The number of halogens is 1. The average Bonchev–Trinajstić information content (AvgIpc) is 2.70. The van der Waals surface area contributed by atoms with Crippen LogP contribution in [0.4, 0.5) is 0 Å². The second kappa shape index (κ2) is 5.17. The van der Waals surface area contributed by atoms with E-state index < -0.39 is 6.10 Å². The zero-order valence-corrected chi connectivity index (χ0v) is 10.2. The van der Waals surface area contributed by atoms with Crippen LogP contribution in [-0.4, -0.2) is 28.1 Å². The Bertz CT molecular complexity index is 348. The maximum absolute atomic E-state index is 10.3. The maximum atomic E-state index is 10.3. The third kappa shape index (κ3) is 2.24. The minimum atomic E-state index is -0.529. The van der Waals surface area contributed by atoms with Gasteiger partial charge in [0.25, 0.3) is 0 Å². The van der Waals surface area contributed by atoms with Gasteiger partial charge in [0.2, 0.25) is 0 Å². The van der Waals surface area contributed by atoms with Gasteiger partial charge < -0.3 is 9.84 Å². The van der Waals surface area contributed by atoms with E-state index in [-0.39, 0.29) is 5.92 Å². The molecule has 1 aromatic rings. The van der Waals surface area contributed by atoms with Gasteiger partial charge in [-0.05, 0) is 25.7 Å².